The number of nitrogens with zero attached hydrogens (tertiary/aromatic N) is 1. The maximum Gasteiger partial charge on any atom is 0.412 e. The fourth-order valence-corrected chi connectivity index (χ4v) is 3.43. The molecule has 142 valence electrons. The lowest BCUT2D eigenvalue weighted by molar-refractivity contribution is -0.164. The van der Waals surface area contributed by atoms with Crippen LogP contribution in [0.3, 0.4) is 0 Å². The summed E-state index contributed by atoms with van der Waals surface area (Å²) in [5.74, 6) is -0.834. The first-order valence-corrected chi connectivity index (χ1v) is 8.99. The van der Waals surface area contributed by atoms with E-state index in [9.17, 15) is 18.0 Å². The van der Waals surface area contributed by atoms with Crippen molar-refractivity contribution >= 4 is 27.5 Å². The number of aromatic nitrogens is 1. The van der Waals surface area contributed by atoms with Crippen molar-refractivity contribution in [3.63, 3.8) is 0 Å². The Hall–Kier alpha value is -2.45. The van der Waals surface area contributed by atoms with Crippen molar-refractivity contribution in [2.75, 3.05) is 6.61 Å². The van der Waals surface area contributed by atoms with E-state index in [0.717, 1.165) is 15.8 Å². The molecule has 0 unspecified atom stereocenters. The summed E-state index contributed by atoms with van der Waals surface area (Å²) in [7, 11) is 0. The summed E-state index contributed by atoms with van der Waals surface area (Å²) >= 11 is 1.42. The number of hydrogen-bond donors (Lipinski definition) is 1. The Bertz CT molecular complexity index is 890. The van der Waals surface area contributed by atoms with Crippen molar-refractivity contribution in [1.29, 1.82) is 0 Å². The molecule has 4 nitrogen and oxygen atoms in total. The van der Waals surface area contributed by atoms with E-state index >= 15 is 0 Å². The van der Waals surface area contributed by atoms with Crippen LogP contribution in [-0.4, -0.2) is 23.7 Å². The number of halogens is 3. The molecule has 0 aliphatic heterocycles. The third-order valence-corrected chi connectivity index (χ3v) is 4.85. The van der Waals surface area contributed by atoms with E-state index in [0.29, 0.717) is 5.01 Å². The highest BCUT2D eigenvalue weighted by Gasteiger charge is 2.41. The van der Waals surface area contributed by atoms with E-state index in [-0.39, 0.29) is 12.2 Å². The number of carbonyl (C=O) groups excluding carboxylic acids is 1. The molecule has 1 aromatic heterocycles. The van der Waals surface area contributed by atoms with Gasteiger partial charge in [0.1, 0.15) is 11.6 Å². The number of nitrogens with one attached hydrogen (secondary N) is 1. The van der Waals surface area contributed by atoms with Crippen LogP contribution in [0.5, 0.6) is 0 Å². The van der Waals surface area contributed by atoms with E-state index in [1.54, 1.807) is 19.1 Å². The van der Waals surface area contributed by atoms with Crippen molar-refractivity contribution in [2.45, 2.75) is 25.7 Å². The van der Waals surface area contributed by atoms with Gasteiger partial charge in [-0.05, 0) is 24.6 Å². The summed E-state index contributed by atoms with van der Waals surface area (Å²) in [6.45, 7) is 1.36. The third-order valence-electron chi connectivity index (χ3n) is 3.84. The number of carbonyl (C=O) groups is 1. The van der Waals surface area contributed by atoms with Crippen molar-refractivity contribution in [3.8, 4) is 0 Å². The molecule has 3 rings (SSSR count). The first kappa shape index (κ1) is 19.3. The van der Waals surface area contributed by atoms with Crippen molar-refractivity contribution in [1.82, 2.24) is 10.3 Å². The van der Waals surface area contributed by atoms with Crippen LogP contribution in [-0.2, 0) is 16.1 Å². The number of fused-ring (bicyclic) bond motifs is 1. The maximum absolute atomic E-state index is 13.3. The standard InChI is InChI=1S/C19H17F3N2O2S/c1-12-6-8-13(9-7-12)18(19(20,21)22)24-16(25)10-26-11-17-23-14-4-2-3-5-15(14)27-17/h2-9,18H,10-11H2,1H3,(H,24,25)/t18-/m0/s1. The molecule has 0 spiro atoms. The zero-order valence-corrected chi connectivity index (χ0v) is 15.2. The van der Waals surface area contributed by atoms with Crippen molar-refractivity contribution < 1.29 is 22.7 Å². The minimum absolute atomic E-state index is 0.0207. The van der Waals surface area contributed by atoms with Gasteiger partial charge in [0.05, 0.1) is 16.8 Å². The average Bonchev–Trinajstić information content (AvgIpc) is 3.02. The predicted molar refractivity (Wildman–Crippen MR) is 97.4 cm³/mol. The number of para-hydroxylation sites is 1. The van der Waals surface area contributed by atoms with Gasteiger partial charge in [0.2, 0.25) is 5.91 Å². The highest BCUT2D eigenvalue weighted by atomic mass is 32.1. The summed E-state index contributed by atoms with van der Waals surface area (Å²) in [4.78, 5) is 16.3. The Morgan fingerprint density at radius 2 is 1.89 bits per heavy atom. The molecule has 8 heteroatoms. The predicted octanol–water partition coefficient (Wildman–Crippen LogP) is 4.54. The lowest BCUT2D eigenvalue weighted by Crippen LogP contribution is -2.39. The second-order valence-corrected chi connectivity index (χ2v) is 7.14. The van der Waals surface area contributed by atoms with Crippen LogP contribution < -0.4 is 5.32 Å². The quantitative estimate of drug-likeness (QED) is 0.668. The molecule has 3 aromatic rings. The normalized spacial score (nSPS) is 12.9. The molecule has 0 aliphatic rings. The Morgan fingerprint density at radius 1 is 1.19 bits per heavy atom. The Morgan fingerprint density at radius 3 is 2.56 bits per heavy atom. The summed E-state index contributed by atoms with van der Waals surface area (Å²) in [6, 6.07) is 11.3. The number of amides is 1. The minimum Gasteiger partial charge on any atom is -0.364 e. The Labute approximate surface area is 158 Å². The number of rotatable bonds is 6. The molecule has 2 aromatic carbocycles. The summed E-state index contributed by atoms with van der Waals surface area (Å²) in [5.41, 5.74) is 1.64. The van der Waals surface area contributed by atoms with E-state index in [4.69, 9.17) is 4.74 Å². The SMILES string of the molecule is Cc1ccc([C@H](NC(=O)COCc2nc3ccccc3s2)C(F)(F)F)cc1. The van der Waals surface area contributed by atoms with Gasteiger partial charge in [-0.15, -0.1) is 11.3 Å². The molecule has 0 radical (unpaired) electrons. The van der Waals surface area contributed by atoms with Gasteiger partial charge < -0.3 is 10.1 Å². The number of ether oxygens (including phenoxy) is 1. The highest BCUT2D eigenvalue weighted by molar-refractivity contribution is 7.18. The fraction of sp³-hybridized carbons (Fsp3) is 0.263. The van der Waals surface area contributed by atoms with Crippen LogP contribution >= 0.6 is 11.3 Å². The topological polar surface area (TPSA) is 51.2 Å². The van der Waals surface area contributed by atoms with Crippen LogP contribution in [0.4, 0.5) is 13.2 Å². The van der Waals surface area contributed by atoms with E-state index in [1.807, 2.05) is 29.6 Å². The number of aryl methyl sites for hydroxylation is 1. The first-order chi connectivity index (χ1) is 12.8. The highest BCUT2D eigenvalue weighted by Crippen LogP contribution is 2.32. The molecule has 1 atom stereocenters. The largest absolute Gasteiger partial charge is 0.412 e. The lowest BCUT2D eigenvalue weighted by Gasteiger charge is -2.22. The zero-order valence-electron chi connectivity index (χ0n) is 14.4. The first-order valence-electron chi connectivity index (χ1n) is 8.18. The molecule has 0 saturated heterocycles. The second-order valence-electron chi connectivity index (χ2n) is 6.02. The fourth-order valence-electron chi connectivity index (χ4n) is 2.53. The van der Waals surface area contributed by atoms with E-state index < -0.39 is 24.7 Å². The van der Waals surface area contributed by atoms with Gasteiger partial charge in [0, 0.05) is 0 Å². The van der Waals surface area contributed by atoms with Crippen molar-refractivity contribution in [2.24, 2.45) is 0 Å². The third kappa shape index (κ3) is 5.05. The molecule has 0 bridgehead atoms. The van der Waals surface area contributed by atoms with Gasteiger partial charge in [-0.25, -0.2) is 4.98 Å². The molecule has 1 amide bonds. The van der Waals surface area contributed by atoms with Gasteiger partial charge in [-0.1, -0.05) is 42.0 Å². The summed E-state index contributed by atoms with van der Waals surface area (Å²) < 4.78 is 46.2. The molecular formula is C19H17F3N2O2S. The molecule has 1 N–H and O–H groups in total. The van der Waals surface area contributed by atoms with Gasteiger partial charge in [-0.3, -0.25) is 4.79 Å². The Balaban J connectivity index is 1.58. The Kier molecular flexibility index (Phi) is 5.76. The van der Waals surface area contributed by atoms with Crippen LogP contribution in [0, 0.1) is 6.92 Å². The molecule has 0 saturated carbocycles. The second kappa shape index (κ2) is 8.06. The number of benzene rings is 2. The zero-order chi connectivity index (χ0) is 19.4. The van der Waals surface area contributed by atoms with E-state index in [1.165, 1.54) is 23.5 Å². The van der Waals surface area contributed by atoms with E-state index in [2.05, 4.69) is 4.98 Å². The van der Waals surface area contributed by atoms with Gasteiger partial charge in [0.15, 0.2) is 6.04 Å². The smallest absolute Gasteiger partial charge is 0.364 e. The number of hydrogen-bond acceptors (Lipinski definition) is 4. The van der Waals surface area contributed by atoms with Gasteiger partial charge in [0.25, 0.3) is 0 Å². The molecular weight excluding hydrogens is 377 g/mol. The summed E-state index contributed by atoms with van der Waals surface area (Å²) in [6.07, 6.45) is -4.60. The van der Waals surface area contributed by atoms with Crippen molar-refractivity contribution in [3.05, 3.63) is 64.7 Å². The minimum atomic E-state index is -4.60. The monoisotopic (exact) mass is 394 g/mol. The number of thiazole rings is 1. The number of alkyl halides is 3. The van der Waals surface area contributed by atoms with Gasteiger partial charge in [-0.2, -0.15) is 13.2 Å². The molecule has 0 aliphatic carbocycles. The molecule has 1 heterocycles. The maximum atomic E-state index is 13.3. The molecule has 27 heavy (non-hydrogen) atoms. The van der Waals surface area contributed by atoms with Crippen LogP contribution in [0.15, 0.2) is 48.5 Å². The average molecular weight is 394 g/mol. The van der Waals surface area contributed by atoms with Crippen LogP contribution in [0.25, 0.3) is 10.2 Å². The lowest BCUT2D eigenvalue weighted by atomic mass is 10.0. The van der Waals surface area contributed by atoms with Gasteiger partial charge >= 0.3 is 6.18 Å². The van der Waals surface area contributed by atoms with Crippen LogP contribution in [0.2, 0.25) is 0 Å². The molecule has 0 fully saturated rings. The van der Waals surface area contributed by atoms with Crippen LogP contribution in [0.1, 0.15) is 22.2 Å². The summed E-state index contributed by atoms with van der Waals surface area (Å²) in [5, 5.41) is 2.66.